The number of aliphatic carboxylic acids is 2. The quantitative estimate of drug-likeness (QED) is 0.456. The first kappa shape index (κ1) is 17.2. The van der Waals surface area contributed by atoms with Gasteiger partial charge in [-0.15, -0.1) is 0 Å². The fourth-order valence-electron chi connectivity index (χ4n) is 2.42. The number of carboxylic acids is 2. The maximum atomic E-state index is 11.8. The molecule has 1 aliphatic carbocycles. The van der Waals surface area contributed by atoms with E-state index in [1.165, 1.54) is 0 Å². The van der Waals surface area contributed by atoms with Gasteiger partial charge in [0.1, 0.15) is 6.04 Å². The molecular formula is C13H23N3O5. The molecule has 3 atom stereocenters. The maximum Gasteiger partial charge on any atom is 0.326 e. The van der Waals surface area contributed by atoms with Crippen molar-refractivity contribution in [3.05, 3.63) is 0 Å². The van der Waals surface area contributed by atoms with Gasteiger partial charge < -0.3 is 26.6 Å². The normalized spacial score (nSPS) is 23.1. The molecule has 0 radical (unpaired) electrons. The van der Waals surface area contributed by atoms with E-state index in [4.69, 9.17) is 15.9 Å². The van der Waals surface area contributed by atoms with Crippen molar-refractivity contribution in [3.8, 4) is 0 Å². The van der Waals surface area contributed by atoms with E-state index in [-0.39, 0.29) is 31.3 Å². The van der Waals surface area contributed by atoms with Gasteiger partial charge in [0.15, 0.2) is 0 Å². The van der Waals surface area contributed by atoms with Gasteiger partial charge in [-0.25, -0.2) is 9.59 Å². The van der Waals surface area contributed by atoms with Gasteiger partial charge >= 0.3 is 18.0 Å². The van der Waals surface area contributed by atoms with E-state index in [2.05, 4.69) is 10.6 Å². The number of carboxylic acid groups (broad SMARTS) is 2. The fraction of sp³-hybridized carbons (Fsp3) is 0.769. The van der Waals surface area contributed by atoms with Crippen LogP contribution in [0.25, 0.3) is 0 Å². The molecule has 1 saturated carbocycles. The van der Waals surface area contributed by atoms with E-state index >= 15 is 0 Å². The van der Waals surface area contributed by atoms with Gasteiger partial charge in [-0.3, -0.25) is 4.79 Å². The van der Waals surface area contributed by atoms with Crippen LogP contribution in [0.2, 0.25) is 0 Å². The van der Waals surface area contributed by atoms with Gasteiger partial charge in [0.25, 0.3) is 0 Å². The monoisotopic (exact) mass is 301 g/mol. The zero-order valence-corrected chi connectivity index (χ0v) is 11.9. The van der Waals surface area contributed by atoms with Crippen LogP contribution in [0, 0.1) is 0 Å². The largest absolute Gasteiger partial charge is 0.481 e. The highest BCUT2D eigenvalue weighted by Gasteiger charge is 2.25. The van der Waals surface area contributed by atoms with Gasteiger partial charge in [-0.05, 0) is 25.7 Å². The Bertz CT molecular complexity index is 388. The van der Waals surface area contributed by atoms with Crippen molar-refractivity contribution in [1.29, 1.82) is 0 Å². The Balaban J connectivity index is 2.40. The lowest BCUT2D eigenvalue weighted by Gasteiger charge is -2.29. The molecule has 120 valence electrons. The van der Waals surface area contributed by atoms with Crippen molar-refractivity contribution in [2.24, 2.45) is 5.73 Å². The molecule has 0 spiro atoms. The Morgan fingerprint density at radius 2 is 1.86 bits per heavy atom. The summed E-state index contributed by atoms with van der Waals surface area (Å²) >= 11 is 0. The topological polar surface area (TPSA) is 142 Å². The lowest BCUT2D eigenvalue weighted by molar-refractivity contribution is -0.140. The predicted octanol–water partition coefficient (Wildman–Crippen LogP) is 0.264. The molecule has 0 heterocycles. The molecule has 8 nitrogen and oxygen atoms in total. The van der Waals surface area contributed by atoms with E-state index < -0.39 is 24.0 Å². The average molecular weight is 301 g/mol. The number of rotatable bonds is 7. The minimum Gasteiger partial charge on any atom is -0.481 e. The molecule has 1 rings (SSSR count). The lowest BCUT2D eigenvalue weighted by atomic mass is 9.91. The minimum atomic E-state index is -1.18. The summed E-state index contributed by atoms with van der Waals surface area (Å²) < 4.78 is 0. The average Bonchev–Trinajstić information content (AvgIpc) is 2.39. The first-order chi connectivity index (χ1) is 9.90. The van der Waals surface area contributed by atoms with Crippen LogP contribution in [-0.2, 0) is 9.59 Å². The van der Waals surface area contributed by atoms with E-state index in [9.17, 15) is 14.4 Å². The smallest absolute Gasteiger partial charge is 0.326 e. The zero-order chi connectivity index (χ0) is 15.8. The number of urea groups is 1. The van der Waals surface area contributed by atoms with Gasteiger partial charge in [0.05, 0.1) is 0 Å². The standard InChI is InChI=1S/C13H23N3O5/c14-8-4-1-2-5-9(8)15-13(21)16-10(12(19)20)6-3-7-11(17)18/h8-10H,1-7,14H2,(H,17,18)(H,19,20)(H2,15,16,21)/t8?,9?,10-/m1/s1. The second-order valence-electron chi connectivity index (χ2n) is 5.35. The van der Waals surface area contributed by atoms with Gasteiger partial charge in [0.2, 0.25) is 0 Å². The first-order valence-corrected chi connectivity index (χ1v) is 7.17. The van der Waals surface area contributed by atoms with Crippen LogP contribution in [0.4, 0.5) is 4.79 Å². The summed E-state index contributed by atoms with van der Waals surface area (Å²) in [6.07, 6.45) is 3.78. The molecule has 2 unspecified atom stereocenters. The van der Waals surface area contributed by atoms with Crippen LogP contribution in [0.1, 0.15) is 44.9 Å². The van der Waals surface area contributed by atoms with Crippen molar-refractivity contribution < 1.29 is 24.6 Å². The fourth-order valence-corrected chi connectivity index (χ4v) is 2.42. The summed E-state index contributed by atoms with van der Waals surface area (Å²) in [6, 6.07) is -1.92. The number of carbonyl (C=O) groups is 3. The Labute approximate surface area is 123 Å². The van der Waals surface area contributed by atoms with Crippen molar-refractivity contribution >= 4 is 18.0 Å². The van der Waals surface area contributed by atoms with Crippen LogP contribution in [0.15, 0.2) is 0 Å². The zero-order valence-electron chi connectivity index (χ0n) is 11.9. The van der Waals surface area contributed by atoms with E-state index in [0.29, 0.717) is 0 Å². The molecule has 8 heteroatoms. The van der Waals surface area contributed by atoms with Gasteiger partial charge in [0, 0.05) is 18.5 Å². The summed E-state index contributed by atoms with van der Waals surface area (Å²) in [5, 5.41) is 22.6. The Morgan fingerprint density at radius 3 is 2.43 bits per heavy atom. The highest BCUT2D eigenvalue weighted by molar-refractivity contribution is 5.82. The molecule has 1 fully saturated rings. The van der Waals surface area contributed by atoms with E-state index in [1.807, 2.05) is 0 Å². The van der Waals surface area contributed by atoms with Crippen LogP contribution in [-0.4, -0.2) is 46.3 Å². The van der Waals surface area contributed by atoms with Crippen molar-refractivity contribution in [3.63, 3.8) is 0 Å². The molecule has 21 heavy (non-hydrogen) atoms. The second-order valence-corrected chi connectivity index (χ2v) is 5.35. The van der Waals surface area contributed by atoms with Crippen molar-refractivity contribution in [2.75, 3.05) is 0 Å². The van der Waals surface area contributed by atoms with Crippen molar-refractivity contribution in [2.45, 2.75) is 63.1 Å². The third kappa shape index (κ3) is 6.44. The number of carbonyl (C=O) groups excluding carboxylic acids is 1. The van der Waals surface area contributed by atoms with Crippen LogP contribution in [0.5, 0.6) is 0 Å². The summed E-state index contributed by atoms with van der Waals surface area (Å²) in [6.45, 7) is 0. The Kier molecular flexibility index (Phi) is 6.93. The number of amides is 2. The van der Waals surface area contributed by atoms with Crippen LogP contribution >= 0.6 is 0 Å². The second kappa shape index (κ2) is 8.46. The Hall–Kier alpha value is -1.83. The third-order valence-corrected chi connectivity index (χ3v) is 3.62. The highest BCUT2D eigenvalue weighted by atomic mass is 16.4. The number of hydrogen-bond donors (Lipinski definition) is 5. The summed E-state index contributed by atoms with van der Waals surface area (Å²) in [4.78, 5) is 33.3. The minimum absolute atomic E-state index is 0.0752. The van der Waals surface area contributed by atoms with Crippen LogP contribution in [0.3, 0.4) is 0 Å². The lowest BCUT2D eigenvalue weighted by Crippen LogP contribution is -2.54. The molecule has 1 aliphatic rings. The van der Waals surface area contributed by atoms with E-state index in [0.717, 1.165) is 25.7 Å². The molecule has 0 aliphatic heterocycles. The summed E-state index contributed by atoms with van der Waals surface area (Å²) in [7, 11) is 0. The maximum absolute atomic E-state index is 11.8. The first-order valence-electron chi connectivity index (χ1n) is 7.17. The Morgan fingerprint density at radius 1 is 1.19 bits per heavy atom. The number of hydrogen-bond acceptors (Lipinski definition) is 4. The van der Waals surface area contributed by atoms with Gasteiger partial charge in [-0.2, -0.15) is 0 Å². The third-order valence-electron chi connectivity index (χ3n) is 3.62. The molecule has 0 aromatic rings. The molecule has 6 N–H and O–H groups in total. The predicted molar refractivity (Wildman–Crippen MR) is 74.8 cm³/mol. The number of nitrogens with one attached hydrogen (secondary N) is 2. The molecular weight excluding hydrogens is 278 g/mol. The van der Waals surface area contributed by atoms with Crippen molar-refractivity contribution in [1.82, 2.24) is 10.6 Å². The molecule has 0 aromatic heterocycles. The summed E-state index contributed by atoms with van der Waals surface area (Å²) in [5.74, 6) is -2.17. The molecule has 0 bridgehead atoms. The molecule has 0 aromatic carbocycles. The van der Waals surface area contributed by atoms with E-state index in [1.54, 1.807) is 0 Å². The number of nitrogens with two attached hydrogens (primary N) is 1. The SMILES string of the molecule is NC1CCCCC1NC(=O)N[C@H](CCCC(=O)O)C(=O)O. The summed E-state index contributed by atoms with van der Waals surface area (Å²) in [5.41, 5.74) is 5.91. The van der Waals surface area contributed by atoms with Crippen LogP contribution < -0.4 is 16.4 Å². The molecule has 0 saturated heterocycles. The van der Waals surface area contributed by atoms with Gasteiger partial charge in [-0.1, -0.05) is 12.8 Å². The molecule has 2 amide bonds. The highest BCUT2D eigenvalue weighted by Crippen LogP contribution is 2.16.